The molecule has 1 aliphatic heterocycles. The van der Waals surface area contributed by atoms with Gasteiger partial charge >= 0.3 is 6.09 Å². The van der Waals surface area contributed by atoms with Crippen molar-refractivity contribution in [2.45, 2.75) is 30.3 Å². The molecule has 1 heterocycles. The van der Waals surface area contributed by atoms with E-state index in [4.69, 9.17) is 5.11 Å². The number of hydrogen-bond acceptors (Lipinski definition) is 4. The second kappa shape index (κ2) is 9.33. The first kappa shape index (κ1) is 17.5. The van der Waals surface area contributed by atoms with Gasteiger partial charge in [0.15, 0.2) is 0 Å². The highest BCUT2D eigenvalue weighted by atomic mass is 32.2. The molecule has 6 heteroatoms. The van der Waals surface area contributed by atoms with E-state index in [0.717, 1.165) is 17.2 Å². The van der Waals surface area contributed by atoms with Crippen LogP contribution >= 0.6 is 23.5 Å². The molecule has 1 amide bonds. The monoisotopic (exact) mass is 341 g/mol. The second-order valence-corrected chi connectivity index (χ2v) is 7.79. The van der Waals surface area contributed by atoms with Crippen LogP contribution < -0.4 is 5.32 Å². The van der Waals surface area contributed by atoms with Crippen molar-refractivity contribution < 1.29 is 15.0 Å². The maximum Gasteiger partial charge on any atom is 0.404 e. The fraction of sp³-hybridized carbons (Fsp3) is 0.562. The third kappa shape index (κ3) is 6.10. The number of aliphatic hydroxyl groups excluding tert-OH is 1. The van der Waals surface area contributed by atoms with E-state index in [1.165, 1.54) is 29.2 Å². The van der Waals surface area contributed by atoms with Gasteiger partial charge in [-0.05, 0) is 54.4 Å². The molecule has 0 saturated carbocycles. The molecule has 0 aliphatic carbocycles. The molecule has 4 nitrogen and oxygen atoms in total. The molecule has 0 aromatic heterocycles. The number of hydrogen-bond donors (Lipinski definition) is 3. The minimum atomic E-state index is -1.05. The Bertz CT molecular complexity index is 478. The van der Waals surface area contributed by atoms with E-state index >= 15 is 0 Å². The van der Waals surface area contributed by atoms with E-state index in [1.54, 1.807) is 0 Å². The number of nitrogens with one attached hydrogen (secondary N) is 1. The molecule has 1 aromatic carbocycles. The molecule has 0 bridgehead atoms. The number of aliphatic hydroxyl groups is 1. The summed E-state index contributed by atoms with van der Waals surface area (Å²) < 4.78 is 0. The van der Waals surface area contributed by atoms with E-state index in [1.807, 2.05) is 41.7 Å². The van der Waals surface area contributed by atoms with Gasteiger partial charge in [0.2, 0.25) is 0 Å². The predicted octanol–water partition coefficient (Wildman–Crippen LogP) is 3.61. The van der Waals surface area contributed by atoms with E-state index in [2.05, 4.69) is 11.4 Å². The molecule has 122 valence electrons. The van der Waals surface area contributed by atoms with E-state index in [9.17, 15) is 9.90 Å². The Labute approximate surface area is 140 Å². The van der Waals surface area contributed by atoms with Crippen molar-refractivity contribution in [1.82, 2.24) is 5.32 Å². The fourth-order valence-electron chi connectivity index (χ4n) is 2.42. The number of carbonyl (C=O) groups is 1. The number of benzene rings is 1. The van der Waals surface area contributed by atoms with Crippen molar-refractivity contribution >= 4 is 29.6 Å². The minimum Gasteiger partial charge on any atom is -0.465 e. The van der Waals surface area contributed by atoms with Crippen LogP contribution in [-0.2, 0) is 0 Å². The van der Waals surface area contributed by atoms with Gasteiger partial charge in [0, 0.05) is 17.2 Å². The molecule has 1 fully saturated rings. The van der Waals surface area contributed by atoms with E-state index in [-0.39, 0.29) is 6.54 Å². The maximum absolute atomic E-state index is 10.4. The molecule has 3 N–H and O–H groups in total. The van der Waals surface area contributed by atoms with Crippen LogP contribution in [0.3, 0.4) is 0 Å². The van der Waals surface area contributed by atoms with Gasteiger partial charge in [-0.2, -0.15) is 11.8 Å². The highest BCUT2D eigenvalue weighted by Crippen LogP contribution is 2.30. The average Bonchev–Trinajstić information content (AvgIpc) is 2.54. The van der Waals surface area contributed by atoms with Crippen LogP contribution in [0.25, 0.3) is 0 Å². The maximum atomic E-state index is 10.4. The normalized spacial score (nSPS) is 17.1. The molecule has 1 aliphatic rings. The Morgan fingerprint density at radius 2 is 2.18 bits per heavy atom. The first-order chi connectivity index (χ1) is 10.6. The van der Waals surface area contributed by atoms with Crippen LogP contribution in [0.4, 0.5) is 4.79 Å². The van der Waals surface area contributed by atoms with Gasteiger partial charge in [0.1, 0.15) is 0 Å². The zero-order valence-electron chi connectivity index (χ0n) is 12.5. The SMILES string of the molecule is O=C(O)NCCC(O)c1cccc(SCC2CCSCC2)c1. The summed E-state index contributed by atoms with van der Waals surface area (Å²) in [5.41, 5.74) is 0.858. The number of amides is 1. The molecule has 0 radical (unpaired) electrons. The number of thioether (sulfide) groups is 2. The average molecular weight is 341 g/mol. The summed E-state index contributed by atoms with van der Waals surface area (Å²) in [5, 5.41) is 20.9. The van der Waals surface area contributed by atoms with Crippen LogP contribution in [-0.4, -0.2) is 40.1 Å². The summed E-state index contributed by atoms with van der Waals surface area (Å²) in [6.45, 7) is 0.258. The van der Waals surface area contributed by atoms with Crippen LogP contribution in [0.5, 0.6) is 0 Å². The van der Waals surface area contributed by atoms with E-state index in [0.29, 0.717) is 6.42 Å². The Kier molecular flexibility index (Phi) is 7.42. The molecule has 1 saturated heterocycles. The summed E-state index contributed by atoms with van der Waals surface area (Å²) >= 11 is 3.90. The Hall–Kier alpha value is -0.850. The van der Waals surface area contributed by atoms with Crippen LogP contribution in [0.2, 0.25) is 0 Å². The summed E-state index contributed by atoms with van der Waals surface area (Å²) in [6.07, 6.45) is 1.32. The highest BCUT2D eigenvalue weighted by molar-refractivity contribution is 7.99. The summed E-state index contributed by atoms with van der Waals surface area (Å²) in [7, 11) is 0. The van der Waals surface area contributed by atoms with E-state index < -0.39 is 12.2 Å². The third-order valence-electron chi connectivity index (χ3n) is 3.76. The molecule has 22 heavy (non-hydrogen) atoms. The molecular formula is C16H23NO3S2. The first-order valence-electron chi connectivity index (χ1n) is 7.60. The van der Waals surface area contributed by atoms with Crippen molar-refractivity contribution in [3.63, 3.8) is 0 Å². The lowest BCUT2D eigenvalue weighted by atomic mass is 10.1. The standard InChI is InChI=1S/C16H23NO3S2/c18-15(4-7-17-16(19)20)13-2-1-3-14(10-13)22-11-12-5-8-21-9-6-12/h1-3,10,12,15,17-18H,4-9,11H2,(H,19,20). The molecule has 1 unspecified atom stereocenters. The van der Waals surface area contributed by atoms with Crippen molar-refractivity contribution in [3.05, 3.63) is 29.8 Å². The quantitative estimate of drug-likeness (QED) is 0.661. The molecule has 1 atom stereocenters. The minimum absolute atomic E-state index is 0.258. The zero-order valence-corrected chi connectivity index (χ0v) is 14.2. The molecule has 0 spiro atoms. The van der Waals surface area contributed by atoms with Gasteiger partial charge in [-0.15, -0.1) is 11.8 Å². The second-order valence-electron chi connectivity index (χ2n) is 5.48. The smallest absolute Gasteiger partial charge is 0.404 e. The molecular weight excluding hydrogens is 318 g/mol. The number of rotatable bonds is 7. The van der Waals surface area contributed by atoms with Crippen molar-refractivity contribution in [3.8, 4) is 0 Å². The summed E-state index contributed by atoms with van der Waals surface area (Å²) in [5.74, 6) is 4.50. The van der Waals surface area contributed by atoms with Crippen molar-refractivity contribution in [2.75, 3.05) is 23.8 Å². The summed E-state index contributed by atoms with van der Waals surface area (Å²) in [4.78, 5) is 11.6. The topological polar surface area (TPSA) is 69.6 Å². The summed E-state index contributed by atoms with van der Waals surface area (Å²) in [6, 6.07) is 7.95. The largest absolute Gasteiger partial charge is 0.465 e. The lowest BCUT2D eigenvalue weighted by molar-refractivity contribution is 0.162. The van der Waals surface area contributed by atoms with Gasteiger partial charge in [-0.25, -0.2) is 4.79 Å². The third-order valence-corrected chi connectivity index (χ3v) is 6.04. The number of carboxylic acid groups (broad SMARTS) is 1. The van der Waals surface area contributed by atoms with Crippen molar-refractivity contribution in [1.29, 1.82) is 0 Å². The molecule has 1 aromatic rings. The van der Waals surface area contributed by atoms with Gasteiger partial charge in [-0.1, -0.05) is 12.1 Å². The lowest BCUT2D eigenvalue weighted by Gasteiger charge is -2.21. The van der Waals surface area contributed by atoms with Crippen LogP contribution in [0, 0.1) is 5.92 Å². The Morgan fingerprint density at radius 1 is 1.41 bits per heavy atom. The van der Waals surface area contributed by atoms with Gasteiger partial charge in [-0.3, -0.25) is 0 Å². The van der Waals surface area contributed by atoms with Crippen molar-refractivity contribution in [2.24, 2.45) is 5.92 Å². The van der Waals surface area contributed by atoms with Gasteiger partial charge in [0.25, 0.3) is 0 Å². The first-order valence-corrected chi connectivity index (χ1v) is 9.74. The Balaban J connectivity index is 1.81. The highest BCUT2D eigenvalue weighted by Gasteiger charge is 2.14. The lowest BCUT2D eigenvalue weighted by Crippen LogP contribution is -2.23. The van der Waals surface area contributed by atoms with Gasteiger partial charge < -0.3 is 15.5 Å². The van der Waals surface area contributed by atoms with Crippen LogP contribution in [0.1, 0.15) is 30.9 Å². The van der Waals surface area contributed by atoms with Crippen LogP contribution in [0.15, 0.2) is 29.2 Å². The van der Waals surface area contributed by atoms with Gasteiger partial charge in [0.05, 0.1) is 6.10 Å². The zero-order chi connectivity index (χ0) is 15.8. The molecule has 2 rings (SSSR count). The predicted molar refractivity (Wildman–Crippen MR) is 92.8 cm³/mol. The Morgan fingerprint density at radius 3 is 2.91 bits per heavy atom. The fourth-order valence-corrected chi connectivity index (χ4v) is 4.78.